The third kappa shape index (κ3) is 2.86. The minimum absolute atomic E-state index is 0.0749. The Kier molecular flexibility index (Phi) is 3.21. The van der Waals surface area contributed by atoms with E-state index in [9.17, 15) is 22.8 Å². The molecule has 0 aromatic heterocycles. The standard InChI is InChI=1S/C12H11F3N2O2/c1-6-2-3-7(12(13,14)15)4-8(6)16-9-5-10(18)17-11(9)19/h2-4,9,16H,5H2,1H3,(H,17,18,19). The van der Waals surface area contributed by atoms with E-state index in [1.54, 1.807) is 6.92 Å². The second-order valence-electron chi connectivity index (χ2n) is 4.34. The first-order valence-electron chi connectivity index (χ1n) is 5.55. The van der Waals surface area contributed by atoms with Gasteiger partial charge in [0.15, 0.2) is 0 Å². The zero-order valence-electron chi connectivity index (χ0n) is 9.97. The van der Waals surface area contributed by atoms with Gasteiger partial charge in [-0.15, -0.1) is 0 Å². The maximum Gasteiger partial charge on any atom is 0.416 e. The zero-order chi connectivity index (χ0) is 14.2. The fraction of sp³-hybridized carbons (Fsp3) is 0.333. The number of halogens is 3. The molecule has 19 heavy (non-hydrogen) atoms. The normalized spacial score (nSPS) is 19.5. The third-order valence-corrected chi connectivity index (χ3v) is 2.86. The summed E-state index contributed by atoms with van der Waals surface area (Å²) in [5, 5.41) is 4.76. The van der Waals surface area contributed by atoms with Crippen LogP contribution in [0.3, 0.4) is 0 Å². The highest BCUT2D eigenvalue weighted by atomic mass is 19.4. The molecular weight excluding hydrogens is 261 g/mol. The summed E-state index contributed by atoms with van der Waals surface area (Å²) in [6, 6.07) is 2.40. The molecular formula is C12H11F3N2O2. The lowest BCUT2D eigenvalue weighted by atomic mass is 10.1. The molecule has 0 saturated carbocycles. The molecule has 1 atom stereocenters. The molecule has 0 radical (unpaired) electrons. The smallest absolute Gasteiger partial charge is 0.373 e. The van der Waals surface area contributed by atoms with Crippen LogP contribution in [0.4, 0.5) is 18.9 Å². The highest BCUT2D eigenvalue weighted by Crippen LogP contribution is 2.32. The molecule has 1 aliphatic heterocycles. The lowest BCUT2D eigenvalue weighted by molar-refractivity contribution is -0.137. The van der Waals surface area contributed by atoms with Crippen molar-refractivity contribution >= 4 is 17.5 Å². The van der Waals surface area contributed by atoms with Crippen molar-refractivity contribution in [1.82, 2.24) is 5.32 Å². The van der Waals surface area contributed by atoms with Crippen LogP contribution < -0.4 is 10.6 Å². The molecule has 1 aromatic carbocycles. The van der Waals surface area contributed by atoms with Crippen LogP contribution in [0.25, 0.3) is 0 Å². The Balaban J connectivity index is 2.25. The molecule has 0 aliphatic carbocycles. The van der Waals surface area contributed by atoms with E-state index in [-0.39, 0.29) is 12.1 Å². The van der Waals surface area contributed by atoms with Crippen LogP contribution in [0.15, 0.2) is 18.2 Å². The van der Waals surface area contributed by atoms with Crippen LogP contribution in [0.2, 0.25) is 0 Å². The van der Waals surface area contributed by atoms with E-state index < -0.39 is 29.6 Å². The summed E-state index contributed by atoms with van der Waals surface area (Å²) in [5.74, 6) is -0.964. The van der Waals surface area contributed by atoms with Gasteiger partial charge in [0.2, 0.25) is 11.8 Å². The topological polar surface area (TPSA) is 58.2 Å². The fourth-order valence-electron chi connectivity index (χ4n) is 1.81. The molecule has 1 fully saturated rings. The Hall–Kier alpha value is -2.05. The SMILES string of the molecule is Cc1ccc(C(F)(F)F)cc1NC1CC(=O)NC1=O. The average molecular weight is 272 g/mol. The maximum absolute atomic E-state index is 12.6. The number of hydrogen-bond acceptors (Lipinski definition) is 3. The van der Waals surface area contributed by atoms with Gasteiger partial charge in [0.05, 0.1) is 12.0 Å². The van der Waals surface area contributed by atoms with Crippen LogP contribution in [-0.2, 0) is 15.8 Å². The molecule has 0 bridgehead atoms. The first kappa shape index (κ1) is 13.4. The molecule has 2 N–H and O–H groups in total. The summed E-state index contributed by atoms with van der Waals surface area (Å²) in [4.78, 5) is 22.4. The summed E-state index contributed by atoms with van der Waals surface area (Å²) in [6.45, 7) is 1.62. The molecule has 4 nitrogen and oxygen atoms in total. The van der Waals surface area contributed by atoms with Crippen molar-refractivity contribution in [3.63, 3.8) is 0 Å². The van der Waals surface area contributed by atoms with Gasteiger partial charge in [0.1, 0.15) is 6.04 Å². The van der Waals surface area contributed by atoms with E-state index in [1.807, 2.05) is 0 Å². The van der Waals surface area contributed by atoms with Crippen LogP contribution in [0.5, 0.6) is 0 Å². The Bertz CT molecular complexity index is 540. The van der Waals surface area contributed by atoms with Crippen molar-refractivity contribution in [2.45, 2.75) is 25.6 Å². The molecule has 2 rings (SSSR count). The van der Waals surface area contributed by atoms with E-state index in [2.05, 4.69) is 10.6 Å². The van der Waals surface area contributed by atoms with Gasteiger partial charge in [-0.05, 0) is 24.6 Å². The first-order valence-corrected chi connectivity index (χ1v) is 5.55. The highest BCUT2D eigenvalue weighted by molar-refractivity contribution is 6.06. The van der Waals surface area contributed by atoms with E-state index in [0.29, 0.717) is 5.56 Å². The van der Waals surface area contributed by atoms with E-state index in [1.165, 1.54) is 6.07 Å². The van der Waals surface area contributed by atoms with Gasteiger partial charge in [-0.3, -0.25) is 14.9 Å². The number of imide groups is 1. The molecule has 1 aliphatic rings. The predicted molar refractivity (Wildman–Crippen MR) is 61.4 cm³/mol. The fourth-order valence-corrected chi connectivity index (χ4v) is 1.81. The Morgan fingerprint density at radius 2 is 2.00 bits per heavy atom. The number of hydrogen-bond donors (Lipinski definition) is 2. The van der Waals surface area contributed by atoms with E-state index >= 15 is 0 Å². The summed E-state index contributed by atoms with van der Waals surface area (Å²) in [5.41, 5.74) is -0.0323. The van der Waals surface area contributed by atoms with Gasteiger partial charge < -0.3 is 5.32 Å². The minimum atomic E-state index is -4.45. The van der Waals surface area contributed by atoms with Gasteiger partial charge in [0, 0.05) is 5.69 Å². The number of aryl methyl sites for hydroxylation is 1. The highest BCUT2D eigenvalue weighted by Gasteiger charge is 2.33. The van der Waals surface area contributed by atoms with Crippen molar-refractivity contribution in [3.8, 4) is 0 Å². The van der Waals surface area contributed by atoms with Gasteiger partial charge in [-0.2, -0.15) is 13.2 Å². The van der Waals surface area contributed by atoms with Crippen LogP contribution in [0.1, 0.15) is 17.5 Å². The number of anilines is 1. The molecule has 1 saturated heterocycles. The van der Waals surface area contributed by atoms with Crippen molar-refractivity contribution in [3.05, 3.63) is 29.3 Å². The first-order chi connectivity index (χ1) is 8.77. The summed E-state index contributed by atoms with van der Waals surface area (Å²) in [6.07, 6.45) is -4.52. The van der Waals surface area contributed by atoms with Crippen LogP contribution >= 0.6 is 0 Å². The van der Waals surface area contributed by atoms with Crippen LogP contribution in [0, 0.1) is 6.92 Å². The number of alkyl halides is 3. The van der Waals surface area contributed by atoms with Crippen LogP contribution in [-0.4, -0.2) is 17.9 Å². The summed E-state index contributed by atoms with van der Waals surface area (Å²) >= 11 is 0. The Morgan fingerprint density at radius 3 is 2.53 bits per heavy atom. The van der Waals surface area contributed by atoms with Gasteiger partial charge in [0.25, 0.3) is 0 Å². The second kappa shape index (κ2) is 4.56. The zero-order valence-corrected chi connectivity index (χ0v) is 9.97. The van der Waals surface area contributed by atoms with Crippen molar-refractivity contribution in [1.29, 1.82) is 0 Å². The molecule has 1 heterocycles. The van der Waals surface area contributed by atoms with Gasteiger partial charge in [-0.25, -0.2) is 0 Å². The number of benzene rings is 1. The lowest BCUT2D eigenvalue weighted by Gasteiger charge is -2.15. The van der Waals surface area contributed by atoms with Crippen molar-refractivity contribution in [2.75, 3.05) is 5.32 Å². The number of nitrogens with one attached hydrogen (secondary N) is 2. The largest absolute Gasteiger partial charge is 0.416 e. The maximum atomic E-state index is 12.6. The quantitative estimate of drug-likeness (QED) is 0.808. The average Bonchev–Trinajstić information content (AvgIpc) is 2.59. The lowest BCUT2D eigenvalue weighted by Crippen LogP contribution is -2.30. The van der Waals surface area contributed by atoms with Gasteiger partial charge >= 0.3 is 6.18 Å². The summed E-state index contributed by atoms with van der Waals surface area (Å²) < 4.78 is 37.8. The molecule has 102 valence electrons. The molecule has 1 aromatic rings. The van der Waals surface area contributed by atoms with E-state index in [0.717, 1.165) is 12.1 Å². The Morgan fingerprint density at radius 1 is 1.32 bits per heavy atom. The number of rotatable bonds is 2. The predicted octanol–water partition coefficient (Wildman–Crippen LogP) is 1.84. The van der Waals surface area contributed by atoms with Crippen molar-refractivity contribution < 1.29 is 22.8 Å². The monoisotopic (exact) mass is 272 g/mol. The number of amides is 2. The second-order valence-corrected chi connectivity index (χ2v) is 4.34. The Labute approximate surface area is 107 Å². The number of carbonyl (C=O) groups is 2. The van der Waals surface area contributed by atoms with E-state index in [4.69, 9.17) is 0 Å². The minimum Gasteiger partial charge on any atom is -0.373 e. The molecule has 2 amide bonds. The summed E-state index contributed by atoms with van der Waals surface area (Å²) in [7, 11) is 0. The molecule has 0 spiro atoms. The molecule has 1 unspecified atom stereocenters. The third-order valence-electron chi connectivity index (χ3n) is 2.86. The number of carbonyl (C=O) groups excluding carboxylic acids is 2. The molecule has 7 heteroatoms. The van der Waals surface area contributed by atoms with Gasteiger partial charge in [-0.1, -0.05) is 6.07 Å². The van der Waals surface area contributed by atoms with Crippen molar-refractivity contribution in [2.24, 2.45) is 0 Å².